The summed E-state index contributed by atoms with van der Waals surface area (Å²) in [6.07, 6.45) is 8.34. The number of pyridine rings is 1. The first-order chi connectivity index (χ1) is 11.2. The van der Waals surface area contributed by atoms with Gasteiger partial charge in [0.15, 0.2) is 10.9 Å². The topological polar surface area (TPSA) is 70.4 Å². The minimum atomic E-state index is -0.359. The average Bonchev–Trinajstić information content (AvgIpc) is 3.11. The van der Waals surface area contributed by atoms with E-state index in [0.29, 0.717) is 0 Å². The van der Waals surface area contributed by atoms with Crippen LogP contribution in [0.4, 0.5) is 0 Å². The maximum atomic E-state index is 11.9. The highest BCUT2D eigenvalue weighted by molar-refractivity contribution is 7.80. The molecule has 7 heteroatoms. The van der Waals surface area contributed by atoms with E-state index in [1.165, 1.54) is 6.26 Å². The number of piperidine rings is 1. The van der Waals surface area contributed by atoms with Crippen molar-refractivity contribution >= 4 is 23.2 Å². The molecule has 2 aromatic rings. The number of rotatable bonds is 3. The fourth-order valence-corrected chi connectivity index (χ4v) is 2.93. The van der Waals surface area contributed by atoms with Gasteiger partial charge in [0.1, 0.15) is 0 Å². The molecule has 1 aliphatic heterocycles. The van der Waals surface area contributed by atoms with Crippen LogP contribution in [0.25, 0.3) is 0 Å². The van der Waals surface area contributed by atoms with Crippen molar-refractivity contribution in [3.8, 4) is 0 Å². The Kier molecular flexibility index (Phi) is 4.99. The molecule has 0 bridgehead atoms. The van der Waals surface area contributed by atoms with Crippen LogP contribution in [0.5, 0.6) is 0 Å². The van der Waals surface area contributed by atoms with Crippen molar-refractivity contribution < 1.29 is 9.21 Å². The molecule has 23 heavy (non-hydrogen) atoms. The summed E-state index contributed by atoms with van der Waals surface area (Å²) in [4.78, 5) is 16.1. The third kappa shape index (κ3) is 3.94. The fourth-order valence-electron chi connectivity index (χ4n) is 2.72. The summed E-state index contributed by atoms with van der Waals surface area (Å²) in [7, 11) is 0. The molecule has 0 aromatic carbocycles. The highest BCUT2D eigenvalue weighted by Gasteiger charge is 2.25. The molecule has 0 spiro atoms. The van der Waals surface area contributed by atoms with Crippen LogP contribution in [0.2, 0.25) is 0 Å². The second kappa shape index (κ2) is 7.34. The summed E-state index contributed by atoms with van der Waals surface area (Å²) in [6.45, 7) is 0.857. The van der Waals surface area contributed by atoms with Gasteiger partial charge in [-0.3, -0.25) is 20.5 Å². The third-order valence-corrected chi connectivity index (χ3v) is 3.98. The predicted molar refractivity (Wildman–Crippen MR) is 89.4 cm³/mol. The van der Waals surface area contributed by atoms with E-state index in [-0.39, 0.29) is 22.8 Å². The van der Waals surface area contributed by atoms with Gasteiger partial charge in [0.05, 0.1) is 12.3 Å². The zero-order valence-electron chi connectivity index (χ0n) is 12.6. The summed E-state index contributed by atoms with van der Waals surface area (Å²) < 4.78 is 5.06. The van der Waals surface area contributed by atoms with Crippen LogP contribution in [0.1, 0.15) is 41.4 Å². The fraction of sp³-hybridized carbons (Fsp3) is 0.312. The molecule has 6 nitrogen and oxygen atoms in total. The molecule has 120 valence electrons. The second-order valence-corrected chi connectivity index (χ2v) is 5.77. The minimum Gasteiger partial charge on any atom is -0.459 e. The maximum Gasteiger partial charge on any atom is 0.293 e. The molecular formula is C16H18N4O2S. The summed E-state index contributed by atoms with van der Waals surface area (Å²) >= 11 is 5.25. The van der Waals surface area contributed by atoms with Crippen molar-refractivity contribution in [3.05, 3.63) is 54.2 Å². The Hall–Kier alpha value is -2.25. The van der Waals surface area contributed by atoms with Gasteiger partial charge >= 0.3 is 0 Å². The number of amides is 1. The van der Waals surface area contributed by atoms with Gasteiger partial charge in [-0.25, -0.2) is 5.01 Å². The molecule has 0 aliphatic carbocycles. The van der Waals surface area contributed by atoms with Crippen molar-refractivity contribution in [1.29, 1.82) is 0 Å². The first-order valence-corrected chi connectivity index (χ1v) is 7.97. The van der Waals surface area contributed by atoms with Crippen molar-refractivity contribution in [2.24, 2.45) is 0 Å². The molecule has 3 rings (SSSR count). The Balaban J connectivity index is 1.63. The largest absolute Gasteiger partial charge is 0.459 e. The molecule has 0 saturated carbocycles. The van der Waals surface area contributed by atoms with Gasteiger partial charge in [0.2, 0.25) is 0 Å². The molecule has 1 saturated heterocycles. The zero-order valence-corrected chi connectivity index (χ0v) is 13.4. The number of carbonyl (C=O) groups excluding carboxylic acids is 1. The Bertz CT molecular complexity index is 660. The Morgan fingerprint density at radius 1 is 1.35 bits per heavy atom. The molecule has 2 N–H and O–H groups in total. The molecule has 1 amide bonds. The van der Waals surface area contributed by atoms with E-state index in [2.05, 4.69) is 26.8 Å². The van der Waals surface area contributed by atoms with Gasteiger partial charge in [-0.15, -0.1) is 0 Å². The lowest BCUT2D eigenvalue weighted by molar-refractivity contribution is 0.0932. The van der Waals surface area contributed by atoms with Gasteiger partial charge in [0, 0.05) is 18.9 Å². The molecule has 2 aromatic heterocycles. The van der Waals surface area contributed by atoms with E-state index in [0.717, 1.165) is 31.4 Å². The third-order valence-electron chi connectivity index (χ3n) is 3.79. The van der Waals surface area contributed by atoms with Crippen LogP contribution in [0, 0.1) is 0 Å². The number of hydrogen-bond donors (Lipinski definition) is 2. The summed E-state index contributed by atoms with van der Waals surface area (Å²) in [6, 6.07) is 7.43. The number of hydrazine groups is 1. The van der Waals surface area contributed by atoms with Gasteiger partial charge in [-0.1, -0.05) is 12.5 Å². The number of carbonyl (C=O) groups is 1. The summed E-state index contributed by atoms with van der Waals surface area (Å²) in [5.74, 6) is -0.126. The molecule has 3 heterocycles. The minimum absolute atomic E-state index is 0.191. The Morgan fingerprint density at radius 2 is 2.26 bits per heavy atom. The molecule has 1 fully saturated rings. The highest BCUT2D eigenvalue weighted by Crippen LogP contribution is 2.28. The van der Waals surface area contributed by atoms with Gasteiger partial charge in [-0.2, -0.15) is 0 Å². The van der Waals surface area contributed by atoms with Crippen LogP contribution in [0.15, 0.2) is 47.3 Å². The summed E-state index contributed by atoms with van der Waals surface area (Å²) in [5.41, 5.74) is 4.26. The quantitative estimate of drug-likeness (QED) is 0.842. The van der Waals surface area contributed by atoms with E-state index in [4.69, 9.17) is 16.6 Å². The second-order valence-electron chi connectivity index (χ2n) is 5.36. The van der Waals surface area contributed by atoms with Crippen molar-refractivity contribution in [2.75, 3.05) is 6.54 Å². The molecule has 0 unspecified atom stereocenters. The smallest absolute Gasteiger partial charge is 0.293 e. The highest BCUT2D eigenvalue weighted by atomic mass is 32.1. The normalized spacial score (nSPS) is 18.3. The van der Waals surface area contributed by atoms with Crippen LogP contribution in [0.3, 0.4) is 0 Å². The van der Waals surface area contributed by atoms with E-state index in [9.17, 15) is 4.79 Å². The number of aromatic nitrogens is 1. The van der Waals surface area contributed by atoms with E-state index >= 15 is 0 Å². The maximum absolute atomic E-state index is 11.9. The van der Waals surface area contributed by atoms with E-state index < -0.39 is 0 Å². The van der Waals surface area contributed by atoms with Crippen molar-refractivity contribution in [3.63, 3.8) is 0 Å². The standard InChI is InChI=1S/C16H18N4O2S/c21-15(14-7-4-10-22-14)18-16(23)19-20-9-2-1-6-13(20)12-5-3-8-17-11-12/h3-5,7-8,10-11,13H,1-2,6,9H2,(H2,18,19,21,23)/t13-/m1/s1. The summed E-state index contributed by atoms with van der Waals surface area (Å²) in [5, 5.41) is 4.96. The lowest BCUT2D eigenvalue weighted by Crippen LogP contribution is -2.51. The van der Waals surface area contributed by atoms with Gasteiger partial charge in [-0.05, 0) is 48.8 Å². The SMILES string of the molecule is O=C(NC(=S)NN1CCCC[C@@H]1c1cccnc1)c1ccco1. The number of nitrogens with one attached hydrogen (secondary N) is 2. The number of nitrogens with zero attached hydrogens (tertiary/aromatic N) is 2. The van der Waals surface area contributed by atoms with Gasteiger partial charge in [0.25, 0.3) is 5.91 Å². The average molecular weight is 330 g/mol. The molecule has 1 aliphatic rings. The lowest BCUT2D eigenvalue weighted by atomic mass is 9.98. The number of hydrogen-bond acceptors (Lipinski definition) is 5. The number of thiocarbonyl (C=S) groups is 1. The van der Waals surface area contributed by atoms with Gasteiger partial charge < -0.3 is 4.42 Å². The molecule has 0 radical (unpaired) electrons. The van der Waals surface area contributed by atoms with Crippen molar-refractivity contribution in [1.82, 2.24) is 20.7 Å². The molecule has 1 atom stereocenters. The first kappa shape index (κ1) is 15.6. The van der Waals surface area contributed by atoms with Crippen LogP contribution in [-0.4, -0.2) is 27.6 Å². The Labute approximate surface area is 139 Å². The predicted octanol–water partition coefficient (Wildman–Crippen LogP) is 2.42. The van der Waals surface area contributed by atoms with Crippen molar-refractivity contribution in [2.45, 2.75) is 25.3 Å². The van der Waals surface area contributed by atoms with Crippen LogP contribution >= 0.6 is 12.2 Å². The van der Waals surface area contributed by atoms with E-state index in [1.807, 2.05) is 12.3 Å². The van der Waals surface area contributed by atoms with Crippen LogP contribution < -0.4 is 10.7 Å². The monoisotopic (exact) mass is 330 g/mol. The molecular weight excluding hydrogens is 312 g/mol. The van der Waals surface area contributed by atoms with E-state index in [1.54, 1.807) is 18.3 Å². The van der Waals surface area contributed by atoms with Crippen LogP contribution in [-0.2, 0) is 0 Å². The zero-order chi connectivity index (χ0) is 16.1. The lowest BCUT2D eigenvalue weighted by Gasteiger charge is -2.36. The Morgan fingerprint density at radius 3 is 3.00 bits per heavy atom. The first-order valence-electron chi connectivity index (χ1n) is 7.56. The number of furan rings is 1.